The molecule has 0 aliphatic heterocycles. The Morgan fingerprint density at radius 3 is 2.33 bits per heavy atom. The molecular formula is C30H32ClN3O5. The Bertz CT molecular complexity index is 1320. The SMILES string of the molecule is COCOC(CCOc1cc(OCc2ccc(OC)cc2)nc(Nc2cccc(Cl)c2C)n1)c1ccccc1. The van der Waals surface area contributed by atoms with E-state index in [-0.39, 0.29) is 12.9 Å². The molecule has 0 bridgehead atoms. The molecular weight excluding hydrogens is 518 g/mol. The number of methoxy groups -OCH3 is 2. The molecule has 0 saturated carbocycles. The van der Waals surface area contributed by atoms with Crippen LogP contribution in [-0.2, 0) is 16.1 Å². The van der Waals surface area contributed by atoms with Crippen LogP contribution >= 0.6 is 11.6 Å². The van der Waals surface area contributed by atoms with Gasteiger partial charge in [-0.25, -0.2) is 0 Å². The van der Waals surface area contributed by atoms with E-state index in [9.17, 15) is 0 Å². The maximum atomic E-state index is 6.31. The van der Waals surface area contributed by atoms with E-state index in [1.807, 2.05) is 79.7 Å². The third-order valence-corrected chi connectivity index (χ3v) is 6.34. The predicted octanol–water partition coefficient (Wildman–Crippen LogP) is 6.90. The Morgan fingerprint density at radius 1 is 0.872 bits per heavy atom. The molecule has 0 spiro atoms. The van der Waals surface area contributed by atoms with E-state index in [0.717, 1.165) is 28.1 Å². The lowest BCUT2D eigenvalue weighted by Gasteiger charge is -2.18. The average molecular weight is 550 g/mol. The van der Waals surface area contributed by atoms with Gasteiger partial charge in [0.05, 0.1) is 25.9 Å². The van der Waals surface area contributed by atoms with Gasteiger partial charge >= 0.3 is 0 Å². The minimum Gasteiger partial charge on any atom is -0.497 e. The third-order valence-electron chi connectivity index (χ3n) is 5.93. The van der Waals surface area contributed by atoms with Crippen LogP contribution < -0.4 is 19.5 Å². The van der Waals surface area contributed by atoms with Crippen molar-refractivity contribution >= 4 is 23.2 Å². The van der Waals surface area contributed by atoms with Crippen molar-refractivity contribution < 1.29 is 23.7 Å². The predicted molar refractivity (Wildman–Crippen MR) is 151 cm³/mol. The Kier molecular flexibility index (Phi) is 10.4. The molecule has 0 aliphatic rings. The molecule has 39 heavy (non-hydrogen) atoms. The Morgan fingerprint density at radius 2 is 1.62 bits per heavy atom. The number of benzene rings is 3. The highest BCUT2D eigenvalue weighted by molar-refractivity contribution is 6.31. The molecule has 4 aromatic rings. The number of halogens is 1. The van der Waals surface area contributed by atoms with Gasteiger partial charge in [-0.1, -0.05) is 60.1 Å². The van der Waals surface area contributed by atoms with Crippen LogP contribution in [0.4, 0.5) is 11.6 Å². The largest absolute Gasteiger partial charge is 0.497 e. The molecule has 1 atom stereocenters. The van der Waals surface area contributed by atoms with Gasteiger partial charge in [0.15, 0.2) is 0 Å². The van der Waals surface area contributed by atoms with Gasteiger partial charge < -0.3 is 29.0 Å². The van der Waals surface area contributed by atoms with Gasteiger partial charge in [-0.2, -0.15) is 9.97 Å². The maximum absolute atomic E-state index is 6.31. The van der Waals surface area contributed by atoms with Crippen LogP contribution in [-0.4, -0.2) is 37.6 Å². The number of nitrogens with zero attached hydrogens (tertiary/aromatic N) is 2. The number of rotatable bonds is 14. The highest BCUT2D eigenvalue weighted by atomic mass is 35.5. The fraction of sp³-hybridized carbons (Fsp3) is 0.267. The summed E-state index contributed by atoms with van der Waals surface area (Å²) in [6.45, 7) is 2.78. The van der Waals surface area contributed by atoms with Crippen molar-refractivity contribution in [3.05, 3.63) is 101 Å². The standard InChI is InChI=1S/C30H32ClN3O5/c1-21-25(31)10-7-11-26(21)32-30-33-28(18-29(34-30)38-19-22-12-14-24(36-3)15-13-22)37-17-16-27(39-20-35-2)23-8-5-4-6-9-23/h4-15,18,27H,16-17,19-20H2,1-3H3,(H,32,33,34). The molecule has 8 nitrogen and oxygen atoms in total. The highest BCUT2D eigenvalue weighted by Crippen LogP contribution is 2.28. The van der Waals surface area contributed by atoms with Crippen LogP contribution in [0.25, 0.3) is 0 Å². The number of hydrogen-bond donors (Lipinski definition) is 1. The lowest BCUT2D eigenvalue weighted by atomic mass is 10.1. The molecule has 1 aromatic heterocycles. The van der Waals surface area contributed by atoms with Gasteiger partial charge in [0.1, 0.15) is 19.1 Å². The van der Waals surface area contributed by atoms with E-state index in [2.05, 4.69) is 15.3 Å². The van der Waals surface area contributed by atoms with E-state index in [1.165, 1.54) is 0 Å². The normalized spacial score (nSPS) is 11.6. The lowest BCUT2D eigenvalue weighted by molar-refractivity contribution is -0.0786. The van der Waals surface area contributed by atoms with Crippen molar-refractivity contribution in [2.75, 3.05) is 32.9 Å². The third kappa shape index (κ3) is 8.32. The van der Waals surface area contributed by atoms with Crippen LogP contribution in [0.2, 0.25) is 5.02 Å². The van der Waals surface area contributed by atoms with Crippen molar-refractivity contribution in [2.45, 2.75) is 26.1 Å². The van der Waals surface area contributed by atoms with Gasteiger partial charge in [0.2, 0.25) is 17.7 Å². The summed E-state index contributed by atoms with van der Waals surface area (Å²) < 4.78 is 28.3. The van der Waals surface area contributed by atoms with Gasteiger partial charge in [-0.05, 0) is 47.9 Å². The van der Waals surface area contributed by atoms with Crippen molar-refractivity contribution in [1.29, 1.82) is 0 Å². The fourth-order valence-corrected chi connectivity index (χ4v) is 3.96. The second-order valence-electron chi connectivity index (χ2n) is 8.65. The summed E-state index contributed by atoms with van der Waals surface area (Å²) in [4.78, 5) is 9.11. The van der Waals surface area contributed by atoms with Crippen LogP contribution in [0.1, 0.15) is 29.2 Å². The fourth-order valence-electron chi connectivity index (χ4n) is 3.78. The summed E-state index contributed by atoms with van der Waals surface area (Å²) >= 11 is 6.31. The maximum Gasteiger partial charge on any atom is 0.233 e. The summed E-state index contributed by atoms with van der Waals surface area (Å²) in [5.41, 5.74) is 3.69. The minimum absolute atomic E-state index is 0.184. The molecule has 0 fully saturated rings. The van der Waals surface area contributed by atoms with E-state index in [0.29, 0.717) is 42.4 Å². The molecule has 4 rings (SSSR count). The molecule has 1 heterocycles. The monoisotopic (exact) mass is 549 g/mol. The summed E-state index contributed by atoms with van der Waals surface area (Å²) in [5.74, 6) is 1.85. The Labute approximate surface area is 233 Å². The first-order valence-corrected chi connectivity index (χ1v) is 12.9. The smallest absolute Gasteiger partial charge is 0.233 e. The molecule has 3 aromatic carbocycles. The van der Waals surface area contributed by atoms with Gasteiger partial charge in [0, 0.05) is 24.2 Å². The van der Waals surface area contributed by atoms with E-state index < -0.39 is 0 Å². The van der Waals surface area contributed by atoms with Crippen LogP contribution in [0.3, 0.4) is 0 Å². The number of hydrogen-bond acceptors (Lipinski definition) is 8. The summed E-state index contributed by atoms with van der Waals surface area (Å²) in [5, 5.41) is 3.88. The first-order chi connectivity index (χ1) is 19.1. The molecule has 1 unspecified atom stereocenters. The van der Waals surface area contributed by atoms with Gasteiger partial charge in [0.25, 0.3) is 0 Å². The first kappa shape index (κ1) is 28.2. The van der Waals surface area contributed by atoms with Crippen molar-refractivity contribution in [1.82, 2.24) is 9.97 Å². The van der Waals surface area contributed by atoms with Gasteiger partial charge in [-0.15, -0.1) is 0 Å². The summed E-state index contributed by atoms with van der Waals surface area (Å²) in [6, 6.07) is 24.9. The number of anilines is 2. The lowest BCUT2D eigenvalue weighted by Crippen LogP contribution is -2.12. The van der Waals surface area contributed by atoms with Gasteiger partial charge in [-0.3, -0.25) is 0 Å². The van der Waals surface area contributed by atoms with Crippen molar-refractivity contribution in [3.8, 4) is 17.5 Å². The second-order valence-corrected chi connectivity index (χ2v) is 9.06. The zero-order chi connectivity index (χ0) is 27.5. The highest BCUT2D eigenvalue weighted by Gasteiger charge is 2.14. The quantitative estimate of drug-likeness (QED) is 0.170. The molecule has 0 amide bonds. The van der Waals surface area contributed by atoms with E-state index >= 15 is 0 Å². The molecule has 0 saturated heterocycles. The Balaban J connectivity index is 1.50. The number of nitrogens with one attached hydrogen (secondary N) is 1. The molecule has 0 radical (unpaired) electrons. The van der Waals surface area contributed by atoms with E-state index in [1.54, 1.807) is 20.3 Å². The van der Waals surface area contributed by atoms with Crippen LogP contribution in [0, 0.1) is 6.92 Å². The number of aromatic nitrogens is 2. The Hall–Kier alpha value is -3.85. The summed E-state index contributed by atoms with van der Waals surface area (Å²) in [6.07, 6.45) is 0.403. The van der Waals surface area contributed by atoms with E-state index in [4.69, 9.17) is 35.3 Å². The topological polar surface area (TPSA) is 84.0 Å². The van der Waals surface area contributed by atoms with Crippen molar-refractivity contribution in [3.63, 3.8) is 0 Å². The van der Waals surface area contributed by atoms with Crippen LogP contribution in [0.5, 0.6) is 17.5 Å². The second kappa shape index (κ2) is 14.3. The zero-order valence-electron chi connectivity index (χ0n) is 22.2. The zero-order valence-corrected chi connectivity index (χ0v) is 23.0. The first-order valence-electron chi connectivity index (χ1n) is 12.5. The molecule has 9 heteroatoms. The molecule has 204 valence electrons. The minimum atomic E-state index is -0.189. The van der Waals surface area contributed by atoms with Crippen LogP contribution in [0.15, 0.2) is 78.9 Å². The summed E-state index contributed by atoms with van der Waals surface area (Å²) in [7, 11) is 3.24. The molecule has 1 N–H and O–H groups in total. The average Bonchev–Trinajstić information content (AvgIpc) is 2.97. The van der Waals surface area contributed by atoms with Crippen molar-refractivity contribution in [2.24, 2.45) is 0 Å². The number of ether oxygens (including phenoxy) is 5. The molecule has 0 aliphatic carbocycles.